The molecule has 1 amide bonds. The summed E-state index contributed by atoms with van der Waals surface area (Å²) in [5.74, 6) is 0.107. The van der Waals surface area contributed by atoms with Crippen LogP contribution in [0.15, 0.2) is 77.2 Å². The highest BCUT2D eigenvalue weighted by Crippen LogP contribution is 2.41. The van der Waals surface area contributed by atoms with Crippen LogP contribution in [0.4, 0.5) is 19.2 Å². The molecule has 0 spiro atoms. The summed E-state index contributed by atoms with van der Waals surface area (Å²) >= 11 is 0. The van der Waals surface area contributed by atoms with Gasteiger partial charge >= 0.3 is 12.2 Å². The van der Waals surface area contributed by atoms with Gasteiger partial charge in [-0.2, -0.15) is 18.2 Å². The predicted octanol–water partition coefficient (Wildman–Crippen LogP) is 7.53. The number of unbranched alkanes of at least 4 members (excludes halogenated alkanes) is 1. The number of amides is 1. The van der Waals surface area contributed by atoms with E-state index in [1.54, 1.807) is 30.3 Å². The second-order valence-electron chi connectivity index (χ2n) is 8.02. The van der Waals surface area contributed by atoms with Gasteiger partial charge in [-0.1, -0.05) is 61.9 Å². The molecule has 35 heavy (non-hydrogen) atoms. The minimum Gasteiger partial charge on any atom is -0.508 e. The molecular weight excluding hydrogens is 457 g/mol. The Hall–Kier alpha value is -4.07. The molecule has 1 heterocycles. The van der Waals surface area contributed by atoms with E-state index in [9.17, 15) is 23.1 Å². The van der Waals surface area contributed by atoms with E-state index in [2.05, 4.69) is 10.3 Å². The highest BCUT2D eigenvalue weighted by atomic mass is 19.4. The molecule has 0 unspecified atom stereocenters. The first-order valence-electron chi connectivity index (χ1n) is 11.1. The number of halogens is 3. The summed E-state index contributed by atoms with van der Waals surface area (Å²) in [6.45, 7) is 1.97. The maximum Gasteiger partial charge on any atom is 0.416 e. The van der Waals surface area contributed by atoms with Gasteiger partial charge in [0, 0.05) is 17.5 Å². The summed E-state index contributed by atoms with van der Waals surface area (Å²) in [6.07, 6.45) is -2.63. The van der Waals surface area contributed by atoms with Gasteiger partial charge in [0.25, 0.3) is 0 Å². The predicted molar refractivity (Wildman–Crippen MR) is 128 cm³/mol. The first kappa shape index (κ1) is 24.1. The van der Waals surface area contributed by atoms with E-state index in [4.69, 9.17) is 4.42 Å². The molecule has 0 saturated heterocycles. The lowest BCUT2D eigenvalue weighted by atomic mass is 9.95. The number of hydrogen-bond donors (Lipinski definition) is 2. The van der Waals surface area contributed by atoms with Crippen LogP contribution in [-0.2, 0) is 11.0 Å². The normalized spacial score (nSPS) is 11.4. The molecule has 0 radical (unpaired) electrons. The topological polar surface area (TPSA) is 75.4 Å². The van der Waals surface area contributed by atoms with Crippen molar-refractivity contribution in [2.75, 3.05) is 5.32 Å². The van der Waals surface area contributed by atoms with Crippen LogP contribution in [0, 0.1) is 0 Å². The summed E-state index contributed by atoms with van der Waals surface area (Å²) in [6, 6.07) is 18.5. The van der Waals surface area contributed by atoms with Crippen molar-refractivity contribution >= 4 is 11.9 Å². The van der Waals surface area contributed by atoms with Crippen LogP contribution in [0.3, 0.4) is 0 Å². The van der Waals surface area contributed by atoms with Gasteiger partial charge in [-0.3, -0.25) is 10.1 Å². The molecule has 0 fully saturated rings. The van der Waals surface area contributed by atoms with E-state index in [1.165, 1.54) is 12.1 Å². The van der Waals surface area contributed by atoms with Crippen LogP contribution >= 0.6 is 0 Å². The van der Waals surface area contributed by atoms with Crippen molar-refractivity contribution in [3.8, 4) is 39.5 Å². The quantitative estimate of drug-likeness (QED) is 0.287. The van der Waals surface area contributed by atoms with Gasteiger partial charge in [-0.15, -0.1) is 0 Å². The lowest BCUT2D eigenvalue weighted by Crippen LogP contribution is -2.11. The third-order valence-electron chi connectivity index (χ3n) is 5.45. The maximum absolute atomic E-state index is 13.1. The van der Waals surface area contributed by atoms with Crippen molar-refractivity contribution in [1.82, 2.24) is 4.98 Å². The Morgan fingerprint density at radius 2 is 1.69 bits per heavy atom. The van der Waals surface area contributed by atoms with E-state index in [0.717, 1.165) is 24.1 Å². The molecule has 3 aromatic carbocycles. The second-order valence-corrected chi connectivity index (χ2v) is 8.02. The number of phenolic OH excluding ortho intramolecular Hbond substituents is 1. The first-order valence-corrected chi connectivity index (χ1v) is 11.1. The SMILES string of the molecule is CCCCC(=O)Nc1nc(-c2ccc(C(F)(F)F)cc2)c(-c2ccccc2-c2cccc(O)c2)o1. The van der Waals surface area contributed by atoms with Gasteiger partial charge in [-0.25, -0.2) is 0 Å². The minimum absolute atomic E-state index is 0.0401. The molecule has 5 nitrogen and oxygen atoms in total. The standard InChI is InChI=1S/C27H23F3N2O3/c1-2-3-11-23(34)31-26-32-24(17-12-14-19(15-13-17)27(28,29)30)25(35-26)22-10-5-4-9-21(22)18-7-6-8-20(33)16-18/h4-10,12-16,33H,2-3,11H2,1H3,(H,31,32,34). The third kappa shape index (κ3) is 5.54. The molecular formula is C27H23F3N2O3. The zero-order valence-electron chi connectivity index (χ0n) is 18.9. The molecule has 0 aliphatic carbocycles. The van der Waals surface area contributed by atoms with Crippen molar-refractivity contribution in [1.29, 1.82) is 0 Å². The Morgan fingerprint density at radius 1 is 0.971 bits per heavy atom. The first-order chi connectivity index (χ1) is 16.8. The van der Waals surface area contributed by atoms with Gasteiger partial charge in [-0.05, 0) is 41.8 Å². The summed E-state index contributed by atoms with van der Waals surface area (Å²) in [5.41, 5.74) is 1.95. The average Bonchev–Trinajstić information content (AvgIpc) is 3.25. The van der Waals surface area contributed by atoms with Crippen LogP contribution in [0.25, 0.3) is 33.7 Å². The number of aromatic hydroxyl groups is 1. The number of hydrogen-bond acceptors (Lipinski definition) is 4. The Balaban J connectivity index is 1.83. The number of nitrogens with zero attached hydrogens (tertiary/aromatic N) is 1. The maximum atomic E-state index is 13.1. The molecule has 0 saturated carbocycles. The van der Waals surface area contributed by atoms with Crippen molar-refractivity contribution in [2.45, 2.75) is 32.4 Å². The fourth-order valence-corrected chi connectivity index (χ4v) is 3.69. The Labute approximate surface area is 200 Å². The molecule has 4 aromatic rings. The largest absolute Gasteiger partial charge is 0.508 e. The zero-order chi connectivity index (χ0) is 25.0. The number of rotatable bonds is 7. The number of anilines is 1. The molecule has 4 rings (SSSR count). The summed E-state index contributed by atoms with van der Waals surface area (Å²) in [5, 5.41) is 12.6. The van der Waals surface area contributed by atoms with Crippen molar-refractivity contribution in [3.63, 3.8) is 0 Å². The minimum atomic E-state index is -4.47. The molecule has 2 N–H and O–H groups in total. The van der Waals surface area contributed by atoms with Gasteiger partial charge < -0.3 is 9.52 Å². The van der Waals surface area contributed by atoms with Crippen LogP contribution in [0.5, 0.6) is 5.75 Å². The Morgan fingerprint density at radius 3 is 2.34 bits per heavy atom. The van der Waals surface area contributed by atoms with E-state index in [0.29, 0.717) is 29.5 Å². The summed E-state index contributed by atoms with van der Waals surface area (Å²) < 4.78 is 45.2. The number of carbonyl (C=O) groups is 1. The lowest BCUT2D eigenvalue weighted by molar-refractivity contribution is -0.137. The fraction of sp³-hybridized carbons (Fsp3) is 0.185. The number of nitrogens with one attached hydrogen (secondary N) is 1. The average molecular weight is 480 g/mol. The molecule has 0 bridgehead atoms. The number of aromatic nitrogens is 1. The van der Waals surface area contributed by atoms with Crippen molar-refractivity contribution < 1.29 is 27.5 Å². The molecule has 180 valence electrons. The van der Waals surface area contributed by atoms with Gasteiger partial charge in [0.1, 0.15) is 11.4 Å². The van der Waals surface area contributed by atoms with Crippen LogP contribution in [-0.4, -0.2) is 16.0 Å². The van der Waals surface area contributed by atoms with Gasteiger partial charge in [0.2, 0.25) is 5.91 Å². The van der Waals surface area contributed by atoms with E-state index < -0.39 is 11.7 Å². The highest BCUT2D eigenvalue weighted by Gasteiger charge is 2.30. The monoisotopic (exact) mass is 480 g/mol. The summed E-state index contributed by atoms with van der Waals surface area (Å²) in [7, 11) is 0. The Kier molecular flexibility index (Phi) is 6.91. The smallest absolute Gasteiger partial charge is 0.416 e. The van der Waals surface area contributed by atoms with E-state index >= 15 is 0 Å². The molecule has 0 aliphatic heterocycles. The van der Waals surface area contributed by atoms with Crippen molar-refractivity contribution in [3.05, 3.63) is 78.4 Å². The molecule has 0 aliphatic rings. The summed E-state index contributed by atoms with van der Waals surface area (Å²) in [4.78, 5) is 16.7. The van der Waals surface area contributed by atoms with Crippen LogP contribution in [0.2, 0.25) is 0 Å². The second kappa shape index (κ2) is 10.0. The third-order valence-corrected chi connectivity index (χ3v) is 5.45. The number of carbonyl (C=O) groups excluding carboxylic acids is 1. The molecule has 8 heteroatoms. The van der Waals surface area contributed by atoms with Gasteiger partial charge in [0.15, 0.2) is 5.76 Å². The van der Waals surface area contributed by atoms with E-state index in [-0.39, 0.29) is 29.1 Å². The Bertz CT molecular complexity index is 1330. The number of oxazole rings is 1. The lowest BCUT2D eigenvalue weighted by Gasteiger charge is -2.10. The molecule has 1 aromatic heterocycles. The van der Waals surface area contributed by atoms with E-state index in [1.807, 2.05) is 25.1 Å². The number of alkyl halides is 3. The van der Waals surface area contributed by atoms with Crippen molar-refractivity contribution in [2.24, 2.45) is 0 Å². The highest BCUT2D eigenvalue weighted by molar-refractivity contribution is 5.91. The number of benzene rings is 3. The number of phenols is 1. The zero-order valence-corrected chi connectivity index (χ0v) is 18.9. The molecule has 0 atom stereocenters. The van der Waals surface area contributed by atoms with Crippen LogP contribution in [0.1, 0.15) is 31.7 Å². The fourth-order valence-electron chi connectivity index (χ4n) is 3.69. The van der Waals surface area contributed by atoms with Gasteiger partial charge in [0.05, 0.1) is 5.56 Å². The van der Waals surface area contributed by atoms with Crippen LogP contribution < -0.4 is 5.32 Å².